The van der Waals surface area contributed by atoms with Gasteiger partial charge in [-0.2, -0.15) is 0 Å². The minimum Gasteiger partial charge on any atom is -0.504 e. The SMILES string of the molecule is CCN(CC)Cc1cc2c3c(c1O)O[C@H]1[C@@H](O)C=CC4C(C2)N(C)CC[C@@]341. The Labute approximate surface area is 161 Å². The molecule has 2 bridgehead atoms. The van der Waals surface area contributed by atoms with Crippen LogP contribution in [0.3, 0.4) is 0 Å². The Kier molecular flexibility index (Phi) is 3.87. The Bertz CT molecular complexity index is 803. The maximum absolute atomic E-state index is 11.1. The quantitative estimate of drug-likeness (QED) is 0.795. The number of likely N-dealkylation sites (tertiary alicyclic amines) is 1. The number of hydrogen-bond acceptors (Lipinski definition) is 5. The van der Waals surface area contributed by atoms with E-state index in [4.69, 9.17) is 4.74 Å². The molecule has 4 aliphatic rings. The van der Waals surface area contributed by atoms with Crippen molar-refractivity contribution in [2.45, 2.75) is 56.9 Å². The second-order valence-electron chi connectivity index (χ2n) is 8.69. The molecule has 0 amide bonds. The van der Waals surface area contributed by atoms with E-state index < -0.39 is 6.10 Å². The molecule has 27 heavy (non-hydrogen) atoms. The highest BCUT2D eigenvalue weighted by Gasteiger charge is 2.64. The van der Waals surface area contributed by atoms with E-state index in [1.807, 2.05) is 6.08 Å². The van der Waals surface area contributed by atoms with Crippen LogP contribution in [0.15, 0.2) is 18.2 Å². The van der Waals surface area contributed by atoms with E-state index in [9.17, 15) is 10.2 Å². The summed E-state index contributed by atoms with van der Waals surface area (Å²) < 4.78 is 6.36. The first kappa shape index (κ1) is 17.5. The zero-order valence-electron chi connectivity index (χ0n) is 16.5. The van der Waals surface area contributed by atoms with Gasteiger partial charge in [0.1, 0.15) is 12.2 Å². The Morgan fingerprint density at radius 2 is 2.07 bits per heavy atom. The van der Waals surface area contributed by atoms with Gasteiger partial charge in [0.25, 0.3) is 0 Å². The Morgan fingerprint density at radius 3 is 2.81 bits per heavy atom. The summed E-state index contributed by atoms with van der Waals surface area (Å²) >= 11 is 0. The number of hydrogen-bond donors (Lipinski definition) is 2. The molecule has 2 aliphatic heterocycles. The summed E-state index contributed by atoms with van der Waals surface area (Å²) in [4.78, 5) is 4.77. The van der Waals surface area contributed by atoms with Gasteiger partial charge in [0.2, 0.25) is 0 Å². The summed E-state index contributed by atoms with van der Waals surface area (Å²) in [5.41, 5.74) is 3.25. The lowest BCUT2D eigenvalue weighted by molar-refractivity contribution is -0.0453. The highest BCUT2D eigenvalue weighted by atomic mass is 16.5. The van der Waals surface area contributed by atoms with Crippen molar-refractivity contribution in [3.63, 3.8) is 0 Å². The molecule has 0 aromatic heterocycles. The smallest absolute Gasteiger partial charge is 0.166 e. The molecular formula is C22H30N2O3. The van der Waals surface area contributed by atoms with Crippen molar-refractivity contribution in [2.75, 3.05) is 26.7 Å². The van der Waals surface area contributed by atoms with Crippen LogP contribution in [0.4, 0.5) is 0 Å². The highest BCUT2D eigenvalue weighted by molar-refractivity contribution is 5.64. The lowest BCUT2D eigenvalue weighted by Gasteiger charge is -2.56. The average Bonchev–Trinajstić information content (AvgIpc) is 3.02. The minimum atomic E-state index is -0.616. The molecule has 5 atom stereocenters. The summed E-state index contributed by atoms with van der Waals surface area (Å²) in [7, 11) is 2.21. The fourth-order valence-electron chi connectivity index (χ4n) is 6.18. The minimum absolute atomic E-state index is 0.195. The van der Waals surface area contributed by atoms with E-state index in [1.165, 1.54) is 11.1 Å². The predicted octanol–water partition coefficient (Wildman–Crippen LogP) is 2.04. The topological polar surface area (TPSA) is 56.2 Å². The van der Waals surface area contributed by atoms with Crippen molar-refractivity contribution in [2.24, 2.45) is 5.92 Å². The number of piperidine rings is 1. The normalized spacial score (nSPS) is 36.0. The second-order valence-corrected chi connectivity index (χ2v) is 8.69. The number of phenols is 1. The highest BCUT2D eigenvalue weighted by Crippen LogP contribution is 2.62. The third-order valence-corrected chi connectivity index (χ3v) is 7.63. The van der Waals surface area contributed by atoms with Gasteiger partial charge in [-0.25, -0.2) is 0 Å². The zero-order chi connectivity index (χ0) is 18.9. The molecule has 5 heteroatoms. The van der Waals surface area contributed by atoms with Gasteiger partial charge >= 0.3 is 0 Å². The maximum atomic E-state index is 11.1. The first-order valence-electron chi connectivity index (χ1n) is 10.3. The molecule has 2 heterocycles. The molecule has 1 spiro atoms. The van der Waals surface area contributed by atoms with E-state index in [1.54, 1.807) is 0 Å². The summed E-state index contributed by atoms with van der Waals surface area (Å²) in [6.45, 7) is 7.92. The molecule has 146 valence electrons. The number of likely N-dealkylation sites (N-methyl/N-ethyl adjacent to an activating group) is 1. The molecule has 2 unspecified atom stereocenters. The second kappa shape index (κ2) is 5.97. The number of phenolic OH excluding ortho intramolecular Hbond substituents is 1. The van der Waals surface area contributed by atoms with Crippen molar-refractivity contribution < 1.29 is 14.9 Å². The molecule has 5 rings (SSSR count). The van der Waals surface area contributed by atoms with Crippen LogP contribution in [0, 0.1) is 5.92 Å². The van der Waals surface area contributed by atoms with Crippen LogP contribution < -0.4 is 4.74 Å². The third-order valence-electron chi connectivity index (χ3n) is 7.63. The van der Waals surface area contributed by atoms with Gasteiger partial charge in [-0.1, -0.05) is 32.1 Å². The Balaban J connectivity index is 1.69. The molecule has 1 aromatic carbocycles. The molecule has 0 radical (unpaired) electrons. The average molecular weight is 370 g/mol. The number of ether oxygens (including phenoxy) is 1. The van der Waals surface area contributed by atoms with Crippen molar-refractivity contribution in [1.29, 1.82) is 0 Å². The van der Waals surface area contributed by atoms with Gasteiger partial charge in [0.05, 0.1) is 0 Å². The first-order valence-corrected chi connectivity index (χ1v) is 10.3. The zero-order valence-corrected chi connectivity index (χ0v) is 16.5. The van der Waals surface area contributed by atoms with Gasteiger partial charge in [-0.3, -0.25) is 4.90 Å². The van der Waals surface area contributed by atoms with Crippen LogP contribution >= 0.6 is 0 Å². The van der Waals surface area contributed by atoms with Crippen LogP contribution in [0.2, 0.25) is 0 Å². The number of nitrogens with zero attached hydrogens (tertiary/aromatic N) is 2. The predicted molar refractivity (Wildman–Crippen MR) is 104 cm³/mol. The fraction of sp³-hybridized carbons (Fsp3) is 0.636. The number of rotatable bonds is 4. The number of benzene rings is 1. The standard InChI is InChI=1S/C22H30N2O3/c1-4-24(5-2)12-14-10-13-11-16-15-6-7-17(25)21-22(15,8-9-23(16)3)18(13)20(27-21)19(14)26/h6-7,10,15-17,21,25-26H,4-5,8-9,11-12H2,1-3H3/t15?,16?,17-,21-,22-/m0/s1. The number of aliphatic hydroxyl groups is 1. The van der Waals surface area contributed by atoms with E-state index in [0.29, 0.717) is 17.7 Å². The molecular weight excluding hydrogens is 340 g/mol. The van der Waals surface area contributed by atoms with Crippen LogP contribution in [-0.4, -0.2) is 64.9 Å². The Hall–Kier alpha value is -1.56. The number of aliphatic hydroxyl groups excluding tert-OH is 1. The summed E-state index contributed by atoms with van der Waals surface area (Å²) in [5.74, 6) is 1.27. The molecule has 5 nitrogen and oxygen atoms in total. The summed E-state index contributed by atoms with van der Waals surface area (Å²) in [6, 6.07) is 2.64. The monoisotopic (exact) mass is 370 g/mol. The summed E-state index contributed by atoms with van der Waals surface area (Å²) in [5, 5.41) is 21.8. The lowest BCUT2D eigenvalue weighted by Crippen LogP contribution is -2.64. The van der Waals surface area contributed by atoms with Gasteiger partial charge in [0, 0.05) is 35.0 Å². The fourth-order valence-corrected chi connectivity index (χ4v) is 6.18. The van der Waals surface area contributed by atoms with Crippen LogP contribution in [-0.2, 0) is 18.4 Å². The molecule has 2 aliphatic carbocycles. The van der Waals surface area contributed by atoms with Crippen molar-refractivity contribution in [3.05, 3.63) is 34.9 Å². The van der Waals surface area contributed by atoms with Gasteiger partial charge in [0.15, 0.2) is 11.5 Å². The van der Waals surface area contributed by atoms with Crippen molar-refractivity contribution in [3.8, 4) is 11.5 Å². The van der Waals surface area contributed by atoms with Gasteiger partial charge < -0.3 is 19.8 Å². The molecule has 0 saturated carbocycles. The molecule has 1 saturated heterocycles. The van der Waals surface area contributed by atoms with E-state index >= 15 is 0 Å². The number of aromatic hydroxyl groups is 1. The first-order chi connectivity index (χ1) is 13.0. The lowest BCUT2D eigenvalue weighted by atomic mass is 9.53. The molecule has 1 aromatic rings. The van der Waals surface area contributed by atoms with Crippen molar-refractivity contribution in [1.82, 2.24) is 9.80 Å². The third kappa shape index (κ3) is 2.16. The van der Waals surface area contributed by atoms with Gasteiger partial charge in [-0.15, -0.1) is 0 Å². The van der Waals surface area contributed by atoms with E-state index in [2.05, 4.69) is 42.8 Å². The molecule has 1 fully saturated rings. The molecule has 2 N–H and O–H groups in total. The largest absolute Gasteiger partial charge is 0.504 e. The Morgan fingerprint density at radius 1 is 1.30 bits per heavy atom. The van der Waals surface area contributed by atoms with E-state index in [-0.39, 0.29) is 17.3 Å². The van der Waals surface area contributed by atoms with E-state index in [0.717, 1.165) is 44.6 Å². The van der Waals surface area contributed by atoms with Crippen LogP contribution in [0.25, 0.3) is 0 Å². The summed E-state index contributed by atoms with van der Waals surface area (Å²) in [6.07, 6.45) is 5.16. The van der Waals surface area contributed by atoms with Crippen LogP contribution in [0.5, 0.6) is 11.5 Å². The van der Waals surface area contributed by atoms with Crippen LogP contribution in [0.1, 0.15) is 37.0 Å². The van der Waals surface area contributed by atoms with Crippen molar-refractivity contribution >= 4 is 0 Å². The van der Waals surface area contributed by atoms with Gasteiger partial charge in [-0.05, 0) is 45.1 Å². The maximum Gasteiger partial charge on any atom is 0.166 e.